The van der Waals surface area contributed by atoms with Crippen LogP contribution in [0.1, 0.15) is 19.4 Å². The van der Waals surface area contributed by atoms with E-state index in [-0.39, 0.29) is 0 Å². The van der Waals surface area contributed by atoms with Crippen LogP contribution in [0, 0.1) is 0 Å². The van der Waals surface area contributed by atoms with E-state index in [0.717, 1.165) is 31.8 Å². The molecule has 1 unspecified atom stereocenters. The van der Waals surface area contributed by atoms with Crippen molar-refractivity contribution in [2.24, 2.45) is 0 Å². The quantitative estimate of drug-likeness (QED) is 0.865. The molecule has 1 aromatic carbocycles. The summed E-state index contributed by atoms with van der Waals surface area (Å²) in [4.78, 5) is 2.51. The summed E-state index contributed by atoms with van der Waals surface area (Å²) in [6.45, 7) is 7.72. The molecule has 1 aliphatic rings. The molecule has 2 rings (SSSR count). The van der Waals surface area contributed by atoms with Crippen molar-refractivity contribution >= 4 is 5.69 Å². The highest BCUT2D eigenvalue weighted by molar-refractivity contribution is 5.56. The second-order valence-corrected chi connectivity index (χ2v) is 4.48. The lowest BCUT2D eigenvalue weighted by Crippen LogP contribution is -2.43. The van der Waals surface area contributed by atoms with Gasteiger partial charge in [0.1, 0.15) is 5.75 Å². The molecule has 3 heteroatoms. The Bertz CT molecular complexity index is 374. The highest BCUT2D eigenvalue weighted by atomic mass is 16.5. The van der Waals surface area contributed by atoms with Gasteiger partial charge in [-0.1, -0.05) is 13.8 Å². The Kier molecular flexibility index (Phi) is 3.89. The number of hydrogen-bond acceptors (Lipinski definition) is 3. The summed E-state index contributed by atoms with van der Waals surface area (Å²) >= 11 is 0. The minimum atomic E-state index is 0.601. The fourth-order valence-corrected chi connectivity index (χ4v) is 2.59. The van der Waals surface area contributed by atoms with E-state index in [2.05, 4.69) is 36.2 Å². The zero-order valence-electron chi connectivity index (χ0n) is 11.0. The average Bonchev–Trinajstić information content (AvgIpc) is 2.39. The second-order valence-electron chi connectivity index (χ2n) is 4.48. The Labute approximate surface area is 104 Å². The summed E-state index contributed by atoms with van der Waals surface area (Å²) in [5, 5.41) is 3.52. The second kappa shape index (κ2) is 5.41. The molecule has 17 heavy (non-hydrogen) atoms. The summed E-state index contributed by atoms with van der Waals surface area (Å²) in [5.41, 5.74) is 2.63. The molecule has 0 amide bonds. The SMILES string of the molecule is CCN(CC)C1CNc2ccc(OC)cc2C1. The molecule has 1 atom stereocenters. The first-order valence-electron chi connectivity index (χ1n) is 6.43. The van der Waals surface area contributed by atoms with Crippen LogP contribution in [0.2, 0.25) is 0 Å². The van der Waals surface area contributed by atoms with Crippen molar-refractivity contribution < 1.29 is 4.74 Å². The molecule has 94 valence electrons. The summed E-state index contributed by atoms with van der Waals surface area (Å²) in [6.07, 6.45) is 1.11. The van der Waals surface area contributed by atoms with Crippen LogP contribution < -0.4 is 10.1 Å². The first-order valence-corrected chi connectivity index (χ1v) is 6.43. The van der Waals surface area contributed by atoms with Gasteiger partial charge in [-0.3, -0.25) is 4.90 Å². The molecular formula is C14H22N2O. The number of ether oxygens (including phenoxy) is 1. The maximum Gasteiger partial charge on any atom is 0.119 e. The Hall–Kier alpha value is -1.22. The molecule has 1 aliphatic heterocycles. The fraction of sp³-hybridized carbons (Fsp3) is 0.571. The third-order valence-electron chi connectivity index (χ3n) is 3.62. The van der Waals surface area contributed by atoms with Gasteiger partial charge in [0.05, 0.1) is 7.11 Å². The Balaban J connectivity index is 2.16. The smallest absolute Gasteiger partial charge is 0.119 e. The van der Waals surface area contributed by atoms with E-state index in [0.29, 0.717) is 6.04 Å². The monoisotopic (exact) mass is 234 g/mol. The fourth-order valence-electron chi connectivity index (χ4n) is 2.59. The third-order valence-corrected chi connectivity index (χ3v) is 3.62. The van der Waals surface area contributed by atoms with Crippen molar-refractivity contribution in [1.82, 2.24) is 4.90 Å². The molecule has 0 aromatic heterocycles. The molecule has 0 radical (unpaired) electrons. The first-order chi connectivity index (χ1) is 8.28. The Morgan fingerprint density at radius 2 is 2.12 bits per heavy atom. The van der Waals surface area contributed by atoms with Gasteiger partial charge in [0.15, 0.2) is 0 Å². The Morgan fingerprint density at radius 1 is 1.35 bits per heavy atom. The summed E-state index contributed by atoms with van der Waals surface area (Å²) in [6, 6.07) is 6.89. The number of nitrogens with one attached hydrogen (secondary N) is 1. The standard InChI is InChI=1S/C14H22N2O/c1-4-16(5-2)12-8-11-9-13(17-3)6-7-14(11)15-10-12/h6-7,9,12,15H,4-5,8,10H2,1-3H3. The number of anilines is 1. The van der Waals surface area contributed by atoms with Crippen LogP contribution >= 0.6 is 0 Å². The molecule has 0 fully saturated rings. The summed E-state index contributed by atoms with van der Waals surface area (Å²) < 4.78 is 5.29. The van der Waals surface area contributed by atoms with Crippen LogP contribution in [-0.2, 0) is 6.42 Å². The number of likely N-dealkylation sites (N-methyl/N-ethyl adjacent to an activating group) is 1. The number of fused-ring (bicyclic) bond motifs is 1. The molecule has 1 aromatic rings. The molecule has 0 aliphatic carbocycles. The van der Waals surface area contributed by atoms with E-state index in [9.17, 15) is 0 Å². The highest BCUT2D eigenvalue weighted by Crippen LogP contribution is 2.27. The topological polar surface area (TPSA) is 24.5 Å². The van der Waals surface area contributed by atoms with Crippen LogP contribution in [0.15, 0.2) is 18.2 Å². The molecule has 0 spiro atoms. The van der Waals surface area contributed by atoms with Crippen LogP contribution in [-0.4, -0.2) is 37.7 Å². The van der Waals surface area contributed by atoms with Gasteiger partial charge in [-0.15, -0.1) is 0 Å². The van der Waals surface area contributed by atoms with Gasteiger partial charge < -0.3 is 10.1 Å². The van der Waals surface area contributed by atoms with Crippen molar-refractivity contribution in [2.45, 2.75) is 26.3 Å². The number of nitrogens with zero attached hydrogens (tertiary/aromatic N) is 1. The molecule has 3 nitrogen and oxygen atoms in total. The van der Waals surface area contributed by atoms with Gasteiger partial charge in [-0.25, -0.2) is 0 Å². The van der Waals surface area contributed by atoms with Crippen LogP contribution in [0.3, 0.4) is 0 Å². The molecule has 1 N–H and O–H groups in total. The number of rotatable bonds is 4. The lowest BCUT2D eigenvalue weighted by atomic mass is 9.98. The number of benzene rings is 1. The van der Waals surface area contributed by atoms with E-state index >= 15 is 0 Å². The maximum absolute atomic E-state index is 5.29. The van der Waals surface area contributed by atoms with E-state index < -0.39 is 0 Å². The lowest BCUT2D eigenvalue weighted by molar-refractivity contribution is 0.221. The van der Waals surface area contributed by atoms with Gasteiger partial charge in [-0.2, -0.15) is 0 Å². The predicted molar refractivity (Wildman–Crippen MR) is 71.9 cm³/mol. The molecular weight excluding hydrogens is 212 g/mol. The van der Waals surface area contributed by atoms with Crippen molar-refractivity contribution in [3.63, 3.8) is 0 Å². The van der Waals surface area contributed by atoms with Crippen LogP contribution in [0.25, 0.3) is 0 Å². The predicted octanol–water partition coefficient (Wildman–Crippen LogP) is 2.37. The van der Waals surface area contributed by atoms with Gasteiger partial charge in [0.25, 0.3) is 0 Å². The van der Waals surface area contributed by atoms with Gasteiger partial charge in [0, 0.05) is 18.3 Å². The van der Waals surface area contributed by atoms with Crippen molar-refractivity contribution in [2.75, 3.05) is 32.1 Å². The zero-order valence-corrected chi connectivity index (χ0v) is 11.0. The van der Waals surface area contributed by atoms with E-state index in [1.165, 1.54) is 11.3 Å². The molecule has 0 saturated carbocycles. The largest absolute Gasteiger partial charge is 0.497 e. The summed E-state index contributed by atoms with van der Waals surface area (Å²) in [7, 11) is 1.72. The van der Waals surface area contributed by atoms with Gasteiger partial charge >= 0.3 is 0 Å². The lowest BCUT2D eigenvalue weighted by Gasteiger charge is -2.34. The number of methoxy groups -OCH3 is 1. The van der Waals surface area contributed by atoms with Gasteiger partial charge in [0.2, 0.25) is 0 Å². The Morgan fingerprint density at radius 3 is 2.76 bits per heavy atom. The van der Waals surface area contributed by atoms with E-state index in [1.54, 1.807) is 7.11 Å². The van der Waals surface area contributed by atoms with Crippen molar-refractivity contribution in [3.8, 4) is 5.75 Å². The summed E-state index contributed by atoms with van der Waals surface area (Å²) in [5.74, 6) is 0.950. The van der Waals surface area contributed by atoms with Crippen molar-refractivity contribution in [3.05, 3.63) is 23.8 Å². The zero-order chi connectivity index (χ0) is 12.3. The van der Waals surface area contributed by atoms with E-state index in [4.69, 9.17) is 4.74 Å². The molecule has 0 saturated heterocycles. The molecule has 1 heterocycles. The number of hydrogen-bond donors (Lipinski definition) is 1. The normalized spacial score (nSPS) is 18.7. The first kappa shape index (κ1) is 12.2. The minimum absolute atomic E-state index is 0.601. The van der Waals surface area contributed by atoms with Crippen LogP contribution in [0.5, 0.6) is 5.75 Å². The van der Waals surface area contributed by atoms with Crippen molar-refractivity contribution in [1.29, 1.82) is 0 Å². The van der Waals surface area contributed by atoms with Crippen LogP contribution in [0.4, 0.5) is 5.69 Å². The van der Waals surface area contributed by atoms with E-state index in [1.807, 2.05) is 6.07 Å². The highest BCUT2D eigenvalue weighted by Gasteiger charge is 2.22. The van der Waals surface area contributed by atoms with Gasteiger partial charge in [-0.05, 0) is 43.3 Å². The third kappa shape index (κ3) is 2.55. The molecule has 0 bridgehead atoms. The minimum Gasteiger partial charge on any atom is -0.497 e. The maximum atomic E-state index is 5.29. The average molecular weight is 234 g/mol.